The minimum atomic E-state index is -0.263. The maximum absolute atomic E-state index is 13.7. The molecule has 2 aromatic carbocycles. The number of likely N-dealkylation sites (tertiary alicyclic amines) is 1. The second kappa shape index (κ2) is 10.5. The third kappa shape index (κ3) is 4.91. The van der Waals surface area contributed by atoms with Crippen LogP contribution in [0.4, 0.5) is 5.69 Å². The standard InChI is InChI=1S/C27H35N5O4/c1-29-17-23(25-24(18-29)27(34)32(28-25)20-7-5-4-6-8-20)26(33)31-11-9-30(10-12-31)16-19-13-21(35-2)15-22(14-19)36-3/h4-8,13-15,23-25,28H,9-12,16-18H2,1-3H3. The van der Waals surface area contributed by atoms with E-state index in [0.29, 0.717) is 26.2 Å². The SMILES string of the molecule is COc1cc(CN2CCN(C(=O)C3CN(C)CC4C(=O)N(c5ccccc5)NC34)CC2)cc(OC)c1. The van der Waals surface area contributed by atoms with E-state index in [-0.39, 0.29) is 29.7 Å². The lowest BCUT2D eigenvalue weighted by Gasteiger charge is -2.41. The number of fused-ring (bicyclic) bond motifs is 1. The fourth-order valence-corrected chi connectivity index (χ4v) is 5.63. The van der Waals surface area contributed by atoms with Gasteiger partial charge in [0.2, 0.25) is 11.8 Å². The van der Waals surface area contributed by atoms with Crippen LogP contribution in [0.5, 0.6) is 11.5 Å². The van der Waals surface area contributed by atoms with Crippen molar-refractivity contribution in [2.45, 2.75) is 12.6 Å². The van der Waals surface area contributed by atoms with Gasteiger partial charge in [0.05, 0.1) is 37.8 Å². The summed E-state index contributed by atoms with van der Waals surface area (Å²) in [5, 5.41) is 1.63. The van der Waals surface area contributed by atoms with Crippen LogP contribution in [0.3, 0.4) is 0 Å². The highest BCUT2D eigenvalue weighted by Gasteiger charge is 2.51. The summed E-state index contributed by atoms with van der Waals surface area (Å²) >= 11 is 0. The molecule has 3 heterocycles. The number of piperazine rings is 1. The molecule has 9 nitrogen and oxygen atoms in total. The molecule has 0 aromatic heterocycles. The number of ether oxygens (including phenoxy) is 2. The molecule has 3 aliphatic rings. The van der Waals surface area contributed by atoms with Crippen molar-refractivity contribution in [2.24, 2.45) is 11.8 Å². The van der Waals surface area contributed by atoms with Crippen molar-refractivity contribution in [1.82, 2.24) is 20.1 Å². The monoisotopic (exact) mass is 493 g/mol. The Balaban J connectivity index is 1.23. The molecule has 0 bridgehead atoms. The van der Waals surface area contributed by atoms with E-state index in [4.69, 9.17) is 9.47 Å². The molecule has 0 radical (unpaired) electrons. The van der Waals surface area contributed by atoms with Gasteiger partial charge in [-0.25, -0.2) is 10.4 Å². The van der Waals surface area contributed by atoms with Crippen molar-refractivity contribution in [2.75, 3.05) is 65.5 Å². The fourth-order valence-electron chi connectivity index (χ4n) is 5.63. The molecule has 1 N–H and O–H groups in total. The van der Waals surface area contributed by atoms with Crippen LogP contribution in [0.25, 0.3) is 0 Å². The molecule has 192 valence electrons. The van der Waals surface area contributed by atoms with Crippen LogP contribution in [0.15, 0.2) is 48.5 Å². The van der Waals surface area contributed by atoms with Gasteiger partial charge < -0.3 is 19.3 Å². The number of rotatable bonds is 6. The third-order valence-electron chi connectivity index (χ3n) is 7.53. The second-order valence-electron chi connectivity index (χ2n) is 9.92. The van der Waals surface area contributed by atoms with Crippen LogP contribution < -0.4 is 19.9 Å². The van der Waals surface area contributed by atoms with Gasteiger partial charge in [-0.2, -0.15) is 0 Å². The Morgan fingerprint density at radius 1 is 0.972 bits per heavy atom. The zero-order valence-electron chi connectivity index (χ0n) is 21.2. The van der Waals surface area contributed by atoms with Crippen molar-refractivity contribution >= 4 is 17.5 Å². The first-order chi connectivity index (χ1) is 17.5. The predicted molar refractivity (Wildman–Crippen MR) is 137 cm³/mol. The molecule has 0 saturated carbocycles. The first-order valence-electron chi connectivity index (χ1n) is 12.5. The van der Waals surface area contributed by atoms with Gasteiger partial charge in [0.25, 0.3) is 0 Å². The number of nitrogens with zero attached hydrogens (tertiary/aromatic N) is 4. The van der Waals surface area contributed by atoms with Gasteiger partial charge in [0.15, 0.2) is 0 Å². The Kier molecular flexibility index (Phi) is 7.13. The van der Waals surface area contributed by atoms with Gasteiger partial charge >= 0.3 is 0 Å². The summed E-state index contributed by atoms with van der Waals surface area (Å²) < 4.78 is 10.8. The number of carbonyl (C=O) groups excluding carboxylic acids is 2. The summed E-state index contributed by atoms with van der Waals surface area (Å²) in [6.45, 7) is 5.01. The summed E-state index contributed by atoms with van der Waals surface area (Å²) in [5.74, 6) is 1.22. The number of para-hydroxylation sites is 1. The van der Waals surface area contributed by atoms with Crippen molar-refractivity contribution in [3.8, 4) is 11.5 Å². The summed E-state index contributed by atoms with van der Waals surface area (Å²) in [7, 11) is 5.30. The molecule has 0 spiro atoms. The first-order valence-corrected chi connectivity index (χ1v) is 12.5. The number of nitrogens with one attached hydrogen (secondary N) is 1. The largest absolute Gasteiger partial charge is 0.497 e. The first kappa shape index (κ1) is 24.5. The number of benzene rings is 2. The van der Waals surface area contributed by atoms with Gasteiger partial charge in [-0.15, -0.1) is 0 Å². The number of piperidine rings is 1. The molecule has 3 atom stereocenters. The Morgan fingerprint density at radius 2 is 1.64 bits per heavy atom. The predicted octanol–water partition coefficient (Wildman–Crippen LogP) is 1.45. The molecule has 2 aromatic rings. The summed E-state index contributed by atoms with van der Waals surface area (Å²) in [4.78, 5) is 33.4. The lowest BCUT2D eigenvalue weighted by molar-refractivity contribution is -0.141. The maximum atomic E-state index is 13.7. The lowest BCUT2D eigenvalue weighted by Crippen LogP contribution is -2.59. The fraction of sp³-hybridized carbons (Fsp3) is 0.481. The number of amides is 2. The van der Waals surface area contributed by atoms with Gasteiger partial charge in [-0.3, -0.25) is 14.5 Å². The van der Waals surface area contributed by atoms with E-state index in [1.54, 1.807) is 19.2 Å². The molecular weight excluding hydrogens is 458 g/mol. The molecule has 3 fully saturated rings. The van der Waals surface area contributed by atoms with E-state index < -0.39 is 0 Å². The molecule has 5 rings (SSSR count). The Morgan fingerprint density at radius 3 is 2.28 bits per heavy atom. The van der Waals surface area contributed by atoms with Crippen LogP contribution in [-0.2, 0) is 16.1 Å². The molecular formula is C27H35N5O4. The molecule has 9 heteroatoms. The number of methoxy groups -OCH3 is 2. The van der Waals surface area contributed by atoms with Crippen molar-refractivity contribution in [1.29, 1.82) is 0 Å². The van der Waals surface area contributed by atoms with Crippen molar-refractivity contribution < 1.29 is 19.1 Å². The topological polar surface area (TPSA) is 77.6 Å². The Hall–Kier alpha value is -3.14. The second-order valence-corrected chi connectivity index (χ2v) is 9.92. The number of hydrogen-bond acceptors (Lipinski definition) is 7. The normalized spacial score (nSPS) is 25.1. The van der Waals surface area contributed by atoms with Gasteiger partial charge in [0.1, 0.15) is 11.5 Å². The van der Waals surface area contributed by atoms with Crippen molar-refractivity contribution in [3.63, 3.8) is 0 Å². The summed E-state index contributed by atoms with van der Waals surface area (Å²) in [6, 6.07) is 15.3. The van der Waals surface area contributed by atoms with Crippen LogP contribution in [-0.4, -0.2) is 93.1 Å². The summed E-state index contributed by atoms with van der Waals surface area (Å²) in [6.07, 6.45) is 0. The smallest absolute Gasteiger partial charge is 0.247 e. The molecule has 3 aliphatic heterocycles. The highest BCUT2D eigenvalue weighted by atomic mass is 16.5. The van der Waals surface area contributed by atoms with E-state index in [2.05, 4.69) is 15.2 Å². The van der Waals surface area contributed by atoms with Crippen LogP contribution in [0.2, 0.25) is 0 Å². The van der Waals surface area contributed by atoms with Crippen LogP contribution >= 0.6 is 0 Å². The zero-order chi connectivity index (χ0) is 25.2. The van der Waals surface area contributed by atoms with Crippen molar-refractivity contribution in [3.05, 3.63) is 54.1 Å². The third-order valence-corrected chi connectivity index (χ3v) is 7.53. The van der Waals surface area contributed by atoms with E-state index in [1.165, 1.54) is 0 Å². The highest BCUT2D eigenvalue weighted by molar-refractivity contribution is 5.98. The van der Waals surface area contributed by atoms with E-state index in [0.717, 1.165) is 42.4 Å². The molecule has 3 unspecified atom stereocenters. The minimum absolute atomic E-state index is 0.0362. The van der Waals surface area contributed by atoms with Crippen LogP contribution in [0, 0.1) is 11.8 Å². The van der Waals surface area contributed by atoms with E-state index in [1.807, 2.05) is 60.5 Å². The summed E-state index contributed by atoms with van der Waals surface area (Å²) in [5.41, 5.74) is 5.32. The van der Waals surface area contributed by atoms with Gasteiger partial charge in [-0.1, -0.05) is 18.2 Å². The quantitative estimate of drug-likeness (QED) is 0.653. The maximum Gasteiger partial charge on any atom is 0.247 e. The number of hydrogen-bond donors (Lipinski definition) is 1. The van der Waals surface area contributed by atoms with E-state index >= 15 is 0 Å². The van der Waals surface area contributed by atoms with Gasteiger partial charge in [-0.05, 0) is 36.9 Å². The van der Waals surface area contributed by atoms with Gasteiger partial charge in [0, 0.05) is 51.9 Å². The lowest BCUT2D eigenvalue weighted by atomic mass is 9.84. The molecule has 0 aliphatic carbocycles. The molecule has 36 heavy (non-hydrogen) atoms. The van der Waals surface area contributed by atoms with Crippen LogP contribution in [0.1, 0.15) is 5.56 Å². The molecule has 3 saturated heterocycles. The number of hydrazine groups is 1. The Labute approximate surface area is 212 Å². The highest BCUT2D eigenvalue weighted by Crippen LogP contribution is 2.32. The average Bonchev–Trinajstić information content (AvgIpc) is 3.24. The number of anilines is 1. The zero-order valence-corrected chi connectivity index (χ0v) is 21.2. The molecule has 2 amide bonds. The Bertz CT molecular complexity index is 1070. The minimum Gasteiger partial charge on any atom is -0.497 e. The average molecular weight is 494 g/mol. The number of carbonyl (C=O) groups is 2. The van der Waals surface area contributed by atoms with E-state index in [9.17, 15) is 9.59 Å².